The summed E-state index contributed by atoms with van der Waals surface area (Å²) in [7, 11) is 0. The van der Waals surface area contributed by atoms with E-state index in [2.05, 4.69) is 12.2 Å². The molecule has 4 heteroatoms. The molecule has 20 heavy (non-hydrogen) atoms. The summed E-state index contributed by atoms with van der Waals surface area (Å²) in [5.74, 6) is 1.31. The van der Waals surface area contributed by atoms with Gasteiger partial charge in [0, 0.05) is 17.6 Å². The van der Waals surface area contributed by atoms with Gasteiger partial charge in [0.25, 0.3) is 0 Å². The van der Waals surface area contributed by atoms with Crippen LogP contribution in [0.5, 0.6) is 11.5 Å². The third kappa shape index (κ3) is 4.41. The second-order valence-corrected chi connectivity index (χ2v) is 5.34. The zero-order valence-corrected chi connectivity index (χ0v) is 12.8. The van der Waals surface area contributed by atoms with Crippen molar-refractivity contribution in [2.24, 2.45) is 0 Å². The van der Waals surface area contributed by atoms with Crippen LogP contribution < -0.4 is 10.1 Å². The summed E-state index contributed by atoms with van der Waals surface area (Å²) < 4.78 is 5.73. The van der Waals surface area contributed by atoms with E-state index in [4.69, 9.17) is 27.9 Å². The minimum Gasteiger partial charge on any atom is -0.456 e. The van der Waals surface area contributed by atoms with Crippen molar-refractivity contribution in [3.63, 3.8) is 0 Å². The maximum Gasteiger partial charge on any atom is 0.147 e. The lowest BCUT2D eigenvalue weighted by molar-refractivity contribution is 0.482. The van der Waals surface area contributed by atoms with Crippen LogP contribution in [0.1, 0.15) is 18.9 Å². The Bertz CT molecular complexity index is 555. The lowest BCUT2D eigenvalue weighted by Gasteiger charge is -2.09. The summed E-state index contributed by atoms with van der Waals surface area (Å²) in [5.41, 5.74) is 1.22. The monoisotopic (exact) mass is 309 g/mol. The lowest BCUT2D eigenvalue weighted by atomic mass is 10.2. The Hall–Kier alpha value is -1.22. The predicted octanol–water partition coefficient (Wildman–Crippen LogP) is 5.29. The van der Waals surface area contributed by atoms with E-state index in [-0.39, 0.29) is 0 Å². The Labute approximate surface area is 129 Å². The molecule has 106 valence electrons. The van der Waals surface area contributed by atoms with E-state index in [0.717, 1.165) is 25.3 Å². The molecule has 0 fully saturated rings. The number of hydrogen-bond acceptors (Lipinski definition) is 2. The largest absolute Gasteiger partial charge is 0.456 e. The third-order valence-electron chi connectivity index (χ3n) is 2.80. The topological polar surface area (TPSA) is 21.3 Å². The highest BCUT2D eigenvalue weighted by atomic mass is 35.5. The van der Waals surface area contributed by atoms with E-state index < -0.39 is 0 Å². The molecule has 2 aromatic rings. The molecular weight excluding hydrogens is 293 g/mol. The molecule has 0 amide bonds. The molecular formula is C16H17Cl2NO. The fourth-order valence-electron chi connectivity index (χ4n) is 1.77. The molecule has 0 aliphatic carbocycles. The standard InChI is InChI=1S/C16H17Cl2NO/c1-2-9-19-11-12-3-6-14(7-4-12)20-16-10-13(17)5-8-15(16)18/h3-8,10,19H,2,9,11H2,1H3. The number of rotatable bonds is 6. The SMILES string of the molecule is CCCNCc1ccc(Oc2cc(Cl)ccc2Cl)cc1. The fraction of sp³-hybridized carbons (Fsp3) is 0.250. The van der Waals surface area contributed by atoms with Gasteiger partial charge < -0.3 is 10.1 Å². The molecule has 0 radical (unpaired) electrons. The summed E-state index contributed by atoms with van der Waals surface area (Å²) in [4.78, 5) is 0. The van der Waals surface area contributed by atoms with E-state index in [1.165, 1.54) is 5.56 Å². The van der Waals surface area contributed by atoms with E-state index in [1.807, 2.05) is 24.3 Å². The average molecular weight is 310 g/mol. The normalized spacial score (nSPS) is 10.6. The molecule has 2 nitrogen and oxygen atoms in total. The predicted molar refractivity (Wildman–Crippen MR) is 85.0 cm³/mol. The highest BCUT2D eigenvalue weighted by Gasteiger charge is 2.04. The van der Waals surface area contributed by atoms with Crippen molar-refractivity contribution >= 4 is 23.2 Å². The van der Waals surface area contributed by atoms with Gasteiger partial charge >= 0.3 is 0 Å². The van der Waals surface area contributed by atoms with Crippen molar-refractivity contribution in [1.29, 1.82) is 0 Å². The zero-order chi connectivity index (χ0) is 14.4. The van der Waals surface area contributed by atoms with Crippen LogP contribution >= 0.6 is 23.2 Å². The molecule has 0 bridgehead atoms. The second-order valence-electron chi connectivity index (χ2n) is 4.50. The number of hydrogen-bond donors (Lipinski definition) is 1. The highest BCUT2D eigenvalue weighted by molar-refractivity contribution is 6.34. The first-order valence-corrected chi connectivity index (χ1v) is 7.37. The zero-order valence-electron chi connectivity index (χ0n) is 11.3. The highest BCUT2D eigenvalue weighted by Crippen LogP contribution is 2.31. The summed E-state index contributed by atoms with van der Waals surface area (Å²) in [6, 6.07) is 13.1. The van der Waals surface area contributed by atoms with Crippen LogP contribution in [0, 0.1) is 0 Å². The Morgan fingerprint density at radius 3 is 2.50 bits per heavy atom. The van der Waals surface area contributed by atoms with Gasteiger partial charge in [-0.05, 0) is 42.8 Å². The quantitative estimate of drug-likeness (QED) is 0.732. The van der Waals surface area contributed by atoms with Crippen LogP contribution in [0.3, 0.4) is 0 Å². The minimum absolute atomic E-state index is 0.545. The van der Waals surface area contributed by atoms with Gasteiger partial charge in [-0.25, -0.2) is 0 Å². The Kier molecular flexibility index (Phi) is 5.72. The molecule has 0 heterocycles. The van der Waals surface area contributed by atoms with Crippen LogP contribution in [0.15, 0.2) is 42.5 Å². The summed E-state index contributed by atoms with van der Waals surface area (Å²) >= 11 is 12.0. The molecule has 0 unspecified atom stereocenters. The van der Waals surface area contributed by atoms with E-state index in [1.54, 1.807) is 18.2 Å². The van der Waals surface area contributed by atoms with Crippen LogP contribution in [-0.4, -0.2) is 6.54 Å². The van der Waals surface area contributed by atoms with Crippen molar-refractivity contribution in [3.8, 4) is 11.5 Å². The van der Waals surface area contributed by atoms with E-state index in [0.29, 0.717) is 15.8 Å². The molecule has 2 aromatic carbocycles. The van der Waals surface area contributed by atoms with Gasteiger partial charge in [0.05, 0.1) is 5.02 Å². The van der Waals surface area contributed by atoms with Gasteiger partial charge in [-0.15, -0.1) is 0 Å². The molecule has 1 N–H and O–H groups in total. The van der Waals surface area contributed by atoms with Crippen molar-refractivity contribution in [1.82, 2.24) is 5.32 Å². The van der Waals surface area contributed by atoms with Gasteiger partial charge in [0.2, 0.25) is 0 Å². The molecule has 0 atom stereocenters. The number of halogens is 2. The Morgan fingerprint density at radius 2 is 1.80 bits per heavy atom. The molecule has 0 saturated heterocycles. The van der Waals surface area contributed by atoms with Gasteiger partial charge in [-0.2, -0.15) is 0 Å². The second kappa shape index (κ2) is 7.53. The van der Waals surface area contributed by atoms with E-state index >= 15 is 0 Å². The molecule has 0 spiro atoms. The maximum absolute atomic E-state index is 6.07. The van der Waals surface area contributed by atoms with Gasteiger partial charge in [0.1, 0.15) is 11.5 Å². The van der Waals surface area contributed by atoms with Crippen LogP contribution in [-0.2, 0) is 6.54 Å². The summed E-state index contributed by atoms with van der Waals surface area (Å²) in [5, 5.41) is 4.50. The average Bonchev–Trinajstić information content (AvgIpc) is 2.45. The molecule has 0 aliphatic heterocycles. The molecule has 0 aliphatic rings. The fourth-order valence-corrected chi connectivity index (χ4v) is 2.09. The smallest absolute Gasteiger partial charge is 0.147 e. The van der Waals surface area contributed by atoms with E-state index in [9.17, 15) is 0 Å². The molecule has 0 aromatic heterocycles. The van der Waals surface area contributed by atoms with Crippen LogP contribution in [0.2, 0.25) is 10.0 Å². The van der Waals surface area contributed by atoms with Crippen molar-refractivity contribution in [3.05, 3.63) is 58.1 Å². The first kappa shape index (κ1) is 15.2. The molecule has 0 saturated carbocycles. The number of nitrogens with one attached hydrogen (secondary N) is 1. The maximum atomic E-state index is 6.07. The number of ether oxygens (including phenoxy) is 1. The Morgan fingerprint density at radius 1 is 1.05 bits per heavy atom. The van der Waals surface area contributed by atoms with Crippen molar-refractivity contribution < 1.29 is 4.74 Å². The van der Waals surface area contributed by atoms with Gasteiger partial charge in [0.15, 0.2) is 0 Å². The number of benzene rings is 2. The van der Waals surface area contributed by atoms with Gasteiger partial charge in [-0.1, -0.05) is 42.3 Å². The lowest BCUT2D eigenvalue weighted by Crippen LogP contribution is -2.13. The third-order valence-corrected chi connectivity index (χ3v) is 3.35. The van der Waals surface area contributed by atoms with Crippen molar-refractivity contribution in [2.75, 3.05) is 6.54 Å². The van der Waals surface area contributed by atoms with Crippen LogP contribution in [0.4, 0.5) is 0 Å². The minimum atomic E-state index is 0.545. The summed E-state index contributed by atoms with van der Waals surface area (Å²) in [6.07, 6.45) is 1.13. The van der Waals surface area contributed by atoms with Crippen molar-refractivity contribution in [2.45, 2.75) is 19.9 Å². The van der Waals surface area contributed by atoms with Gasteiger partial charge in [-0.3, -0.25) is 0 Å². The first-order chi connectivity index (χ1) is 9.69. The van der Waals surface area contributed by atoms with Crippen LogP contribution in [0.25, 0.3) is 0 Å². The summed E-state index contributed by atoms with van der Waals surface area (Å²) in [6.45, 7) is 4.04. The molecule has 2 rings (SSSR count). The first-order valence-electron chi connectivity index (χ1n) is 6.61. The Balaban J connectivity index is 2.01.